The first kappa shape index (κ1) is 16.4. The highest BCUT2D eigenvalue weighted by Gasteiger charge is 2.12. The summed E-state index contributed by atoms with van der Waals surface area (Å²) in [6.07, 6.45) is 0. The maximum Gasteiger partial charge on any atom is 0.337 e. The van der Waals surface area contributed by atoms with Crippen molar-refractivity contribution in [2.45, 2.75) is 13.8 Å². The molecule has 20 heavy (non-hydrogen) atoms. The van der Waals surface area contributed by atoms with Gasteiger partial charge in [0.1, 0.15) is 0 Å². The number of aromatic nitrogens is 2. The van der Waals surface area contributed by atoms with E-state index in [9.17, 15) is 9.90 Å². The first-order chi connectivity index (χ1) is 8.95. The van der Waals surface area contributed by atoms with Gasteiger partial charge in [-0.05, 0) is 38.1 Å². The van der Waals surface area contributed by atoms with E-state index in [0.29, 0.717) is 16.1 Å². The number of hydrogen-bond donors (Lipinski definition) is 2. The topological polar surface area (TPSA) is 75.1 Å². The average molecular weight is 359 g/mol. The van der Waals surface area contributed by atoms with Crippen LogP contribution in [0.5, 0.6) is 0 Å². The minimum Gasteiger partial charge on any atom is -0.478 e. The third-order valence-corrected chi connectivity index (χ3v) is 2.93. The van der Waals surface area contributed by atoms with Crippen molar-refractivity contribution in [1.82, 2.24) is 9.97 Å². The predicted octanol–water partition coefficient (Wildman–Crippen LogP) is 3.72. The van der Waals surface area contributed by atoms with Crippen LogP contribution >= 0.6 is 28.3 Å². The molecule has 2 N–H and O–H groups in total. The van der Waals surface area contributed by atoms with Crippen LogP contribution in [-0.2, 0) is 0 Å². The molecule has 0 fully saturated rings. The first-order valence-electron chi connectivity index (χ1n) is 5.58. The molecular formula is C13H13BrClN3O2. The number of halogens is 2. The third-order valence-electron chi connectivity index (χ3n) is 2.44. The number of aromatic carboxylic acids is 1. The summed E-state index contributed by atoms with van der Waals surface area (Å²) in [6.45, 7) is 3.72. The zero-order valence-electron chi connectivity index (χ0n) is 10.8. The van der Waals surface area contributed by atoms with Gasteiger partial charge in [-0.3, -0.25) is 0 Å². The number of aryl methyl sites for hydroxylation is 2. The van der Waals surface area contributed by atoms with E-state index in [1.165, 1.54) is 6.07 Å². The summed E-state index contributed by atoms with van der Waals surface area (Å²) in [5, 5.41) is 12.1. The van der Waals surface area contributed by atoms with Crippen molar-refractivity contribution in [2.75, 3.05) is 5.32 Å². The van der Waals surface area contributed by atoms with Crippen LogP contribution in [0.3, 0.4) is 0 Å². The highest BCUT2D eigenvalue weighted by molar-refractivity contribution is 9.10. The molecule has 0 saturated carbocycles. The Morgan fingerprint density at radius 3 is 2.35 bits per heavy atom. The minimum atomic E-state index is -1.01. The molecule has 1 heterocycles. The second-order valence-corrected chi connectivity index (χ2v) is 5.01. The van der Waals surface area contributed by atoms with E-state index in [0.717, 1.165) is 11.4 Å². The second-order valence-electron chi connectivity index (χ2n) is 4.09. The van der Waals surface area contributed by atoms with Crippen LogP contribution < -0.4 is 5.32 Å². The largest absolute Gasteiger partial charge is 0.478 e. The van der Waals surface area contributed by atoms with E-state index in [2.05, 4.69) is 31.2 Å². The average Bonchev–Trinajstić information content (AvgIpc) is 2.30. The van der Waals surface area contributed by atoms with E-state index in [-0.39, 0.29) is 18.0 Å². The highest BCUT2D eigenvalue weighted by Crippen LogP contribution is 2.23. The van der Waals surface area contributed by atoms with Gasteiger partial charge in [-0.15, -0.1) is 12.4 Å². The summed E-state index contributed by atoms with van der Waals surface area (Å²) < 4.78 is 0.705. The Morgan fingerprint density at radius 1 is 1.20 bits per heavy atom. The molecule has 0 atom stereocenters. The summed E-state index contributed by atoms with van der Waals surface area (Å²) in [4.78, 5) is 19.6. The molecule has 7 heteroatoms. The van der Waals surface area contributed by atoms with Gasteiger partial charge in [0.05, 0.1) is 11.3 Å². The lowest BCUT2D eigenvalue weighted by atomic mass is 10.2. The lowest BCUT2D eigenvalue weighted by molar-refractivity contribution is 0.0698. The van der Waals surface area contributed by atoms with Gasteiger partial charge in [-0.1, -0.05) is 15.9 Å². The molecule has 106 valence electrons. The van der Waals surface area contributed by atoms with Crippen molar-refractivity contribution in [3.05, 3.63) is 45.7 Å². The molecule has 0 unspecified atom stereocenters. The SMILES string of the molecule is Cc1cc(C)nc(Nc2ccc(Br)cc2C(=O)O)n1.Cl. The van der Waals surface area contributed by atoms with E-state index in [1.54, 1.807) is 12.1 Å². The zero-order chi connectivity index (χ0) is 14.0. The Kier molecular flexibility index (Phi) is 5.47. The minimum absolute atomic E-state index is 0. The van der Waals surface area contributed by atoms with Gasteiger partial charge < -0.3 is 10.4 Å². The van der Waals surface area contributed by atoms with Crippen molar-refractivity contribution in [3.8, 4) is 0 Å². The molecule has 0 bridgehead atoms. The number of carboxylic acids is 1. The fourth-order valence-electron chi connectivity index (χ4n) is 1.70. The van der Waals surface area contributed by atoms with E-state index >= 15 is 0 Å². The lowest BCUT2D eigenvalue weighted by Crippen LogP contribution is -2.05. The molecule has 1 aromatic carbocycles. The second kappa shape index (κ2) is 6.67. The van der Waals surface area contributed by atoms with Gasteiger partial charge in [0.15, 0.2) is 0 Å². The van der Waals surface area contributed by atoms with Gasteiger partial charge in [0.25, 0.3) is 0 Å². The fourth-order valence-corrected chi connectivity index (χ4v) is 2.07. The number of carbonyl (C=O) groups is 1. The van der Waals surface area contributed by atoms with Crippen LogP contribution in [0.25, 0.3) is 0 Å². The molecule has 0 aliphatic carbocycles. The van der Waals surface area contributed by atoms with Gasteiger partial charge in [0.2, 0.25) is 5.95 Å². The molecule has 2 aromatic rings. The number of benzene rings is 1. The smallest absolute Gasteiger partial charge is 0.337 e. The Hall–Kier alpha value is -1.66. The molecule has 1 aromatic heterocycles. The van der Waals surface area contributed by atoms with E-state index in [4.69, 9.17) is 0 Å². The maximum absolute atomic E-state index is 11.2. The summed E-state index contributed by atoms with van der Waals surface area (Å²) in [7, 11) is 0. The van der Waals surface area contributed by atoms with E-state index in [1.807, 2.05) is 19.9 Å². The maximum atomic E-state index is 11.2. The number of rotatable bonds is 3. The molecule has 0 saturated heterocycles. The summed E-state index contributed by atoms with van der Waals surface area (Å²) in [5.41, 5.74) is 2.27. The van der Waals surface area contributed by atoms with Gasteiger partial charge in [0, 0.05) is 15.9 Å². The van der Waals surface area contributed by atoms with Gasteiger partial charge in [-0.2, -0.15) is 0 Å². The summed E-state index contributed by atoms with van der Waals surface area (Å²) in [5.74, 6) is -0.615. The Balaban J connectivity index is 0.00000200. The molecular weight excluding hydrogens is 346 g/mol. The number of nitrogens with one attached hydrogen (secondary N) is 1. The van der Waals surface area contributed by atoms with E-state index < -0.39 is 5.97 Å². The standard InChI is InChI=1S/C13H12BrN3O2.ClH/c1-7-5-8(2)16-13(15-7)17-11-4-3-9(14)6-10(11)12(18)19;/h3-6H,1-2H3,(H,18,19)(H,15,16,17);1H. The zero-order valence-corrected chi connectivity index (χ0v) is 13.2. The lowest BCUT2D eigenvalue weighted by Gasteiger charge is -2.09. The number of carboxylic acid groups (broad SMARTS) is 1. The Labute approximate surface area is 131 Å². The van der Waals surface area contributed by atoms with Crippen molar-refractivity contribution < 1.29 is 9.90 Å². The van der Waals surface area contributed by atoms with Crippen molar-refractivity contribution >= 4 is 45.9 Å². The highest BCUT2D eigenvalue weighted by atomic mass is 79.9. The van der Waals surface area contributed by atoms with Crippen LogP contribution in [0.1, 0.15) is 21.7 Å². The predicted molar refractivity (Wildman–Crippen MR) is 83.1 cm³/mol. The molecule has 0 spiro atoms. The van der Waals surface area contributed by atoms with Crippen LogP contribution in [0.4, 0.5) is 11.6 Å². The fraction of sp³-hybridized carbons (Fsp3) is 0.154. The molecule has 0 amide bonds. The van der Waals surface area contributed by atoms with Crippen LogP contribution in [0.15, 0.2) is 28.7 Å². The van der Waals surface area contributed by atoms with Gasteiger partial charge >= 0.3 is 5.97 Å². The molecule has 2 rings (SSSR count). The van der Waals surface area contributed by atoms with Crippen LogP contribution in [-0.4, -0.2) is 21.0 Å². The molecule has 5 nitrogen and oxygen atoms in total. The molecule has 0 radical (unpaired) electrons. The quantitative estimate of drug-likeness (QED) is 0.874. The van der Waals surface area contributed by atoms with Crippen LogP contribution in [0, 0.1) is 13.8 Å². The van der Waals surface area contributed by atoms with Crippen molar-refractivity contribution in [3.63, 3.8) is 0 Å². The third kappa shape index (κ3) is 3.91. The van der Waals surface area contributed by atoms with Crippen LogP contribution in [0.2, 0.25) is 0 Å². The summed E-state index contributed by atoms with van der Waals surface area (Å²) >= 11 is 3.25. The Bertz CT molecular complexity index is 629. The Morgan fingerprint density at radius 2 is 1.80 bits per heavy atom. The molecule has 0 aliphatic heterocycles. The van der Waals surface area contributed by atoms with Crippen molar-refractivity contribution in [2.24, 2.45) is 0 Å². The van der Waals surface area contributed by atoms with Gasteiger partial charge in [-0.25, -0.2) is 14.8 Å². The molecule has 0 aliphatic rings. The number of hydrogen-bond acceptors (Lipinski definition) is 4. The first-order valence-corrected chi connectivity index (χ1v) is 6.37. The van der Waals surface area contributed by atoms with Crippen molar-refractivity contribution in [1.29, 1.82) is 0 Å². The number of anilines is 2. The number of nitrogens with zero attached hydrogens (tertiary/aromatic N) is 2. The normalized spacial score (nSPS) is 9.75. The summed E-state index contributed by atoms with van der Waals surface area (Å²) in [6, 6.07) is 6.82. The monoisotopic (exact) mass is 357 g/mol.